The number of carboxylic acid groups (broad SMARTS) is 1. The van der Waals surface area contributed by atoms with E-state index in [2.05, 4.69) is 37.6 Å². The maximum Gasteiger partial charge on any atom is 0.354 e. The van der Waals surface area contributed by atoms with Crippen LogP contribution in [0, 0.1) is 11.8 Å². The van der Waals surface area contributed by atoms with Crippen molar-refractivity contribution >= 4 is 11.7 Å². The molecule has 0 saturated heterocycles. The maximum absolute atomic E-state index is 10.8. The molecule has 1 N–H and O–H groups in total. The molecule has 0 aliphatic carbocycles. The third-order valence-electron chi connectivity index (χ3n) is 2.50. The number of carboxylic acids is 1. The van der Waals surface area contributed by atoms with Gasteiger partial charge in [-0.05, 0) is 24.0 Å². The topological polar surface area (TPSA) is 53.4 Å². The van der Waals surface area contributed by atoms with Crippen LogP contribution in [0.15, 0.2) is 18.3 Å². The molecule has 1 aromatic heterocycles. The van der Waals surface area contributed by atoms with Crippen molar-refractivity contribution in [1.29, 1.82) is 0 Å². The summed E-state index contributed by atoms with van der Waals surface area (Å²) in [5, 5.41) is 8.83. The number of rotatable bonds is 6. The average Bonchev–Trinajstić information content (AvgIpc) is 2.27. The first-order valence-electron chi connectivity index (χ1n) is 6.34. The Hall–Kier alpha value is -1.58. The number of carbonyl (C=O) groups is 1. The van der Waals surface area contributed by atoms with Gasteiger partial charge in [0, 0.05) is 13.1 Å². The van der Waals surface area contributed by atoms with E-state index in [0.29, 0.717) is 11.8 Å². The molecule has 0 unspecified atom stereocenters. The SMILES string of the molecule is CC(C)CN(CC(C)C)c1ccc(C(=O)O)nc1. The molecule has 0 bridgehead atoms. The van der Waals surface area contributed by atoms with E-state index in [9.17, 15) is 4.79 Å². The van der Waals surface area contributed by atoms with Gasteiger partial charge in [0.25, 0.3) is 0 Å². The zero-order chi connectivity index (χ0) is 13.7. The molecule has 0 aliphatic heterocycles. The van der Waals surface area contributed by atoms with Crippen molar-refractivity contribution in [2.45, 2.75) is 27.7 Å². The summed E-state index contributed by atoms with van der Waals surface area (Å²) in [5.41, 5.74) is 1.08. The molecule has 4 nitrogen and oxygen atoms in total. The van der Waals surface area contributed by atoms with E-state index in [1.54, 1.807) is 12.3 Å². The van der Waals surface area contributed by atoms with Crippen LogP contribution < -0.4 is 4.90 Å². The van der Waals surface area contributed by atoms with E-state index in [4.69, 9.17) is 5.11 Å². The van der Waals surface area contributed by atoms with Gasteiger partial charge in [-0.3, -0.25) is 0 Å². The second kappa shape index (κ2) is 6.38. The van der Waals surface area contributed by atoms with Gasteiger partial charge in [0.1, 0.15) is 5.69 Å². The van der Waals surface area contributed by atoms with Gasteiger partial charge in [0.2, 0.25) is 0 Å². The summed E-state index contributed by atoms with van der Waals surface area (Å²) in [6, 6.07) is 3.40. The molecular formula is C14H22N2O2. The predicted molar refractivity (Wildman–Crippen MR) is 73.1 cm³/mol. The molecule has 1 rings (SSSR count). The molecule has 0 radical (unpaired) electrons. The minimum Gasteiger partial charge on any atom is -0.477 e. The summed E-state index contributed by atoms with van der Waals surface area (Å²) in [6.45, 7) is 10.6. The van der Waals surface area contributed by atoms with Gasteiger partial charge in [-0.2, -0.15) is 0 Å². The van der Waals surface area contributed by atoms with E-state index in [-0.39, 0.29) is 5.69 Å². The normalized spacial score (nSPS) is 11.0. The van der Waals surface area contributed by atoms with Crippen molar-refractivity contribution < 1.29 is 9.90 Å². The fourth-order valence-corrected chi connectivity index (χ4v) is 1.87. The summed E-state index contributed by atoms with van der Waals surface area (Å²) in [4.78, 5) is 17.0. The Balaban J connectivity index is 2.87. The van der Waals surface area contributed by atoms with Crippen molar-refractivity contribution in [3.63, 3.8) is 0 Å². The highest BCUT2D eigenvalue weighted by Gasteiger charge is 2.12. The van der Waals surface area contributed by atoms with Crippen LogP contribution in [0.3, 0.4) is 0 Å². The molecule has 1 aromatic rings. The van der Waals surface area contributed by atoms with Crippen LogP contribution in [0.2, 0.25) is 0 Å². The average molecular weight is 250 g/mol. The van der Waals surface area contributed by atoms with E-state index < -0.39 is 5.97 Å². The second-order valence-corrected chi connectivity index (χ2v) is 5.40. The van der Waals surface area contributed by atoms with Crippen molar-refractivity contribution in [3.8, 4) is 0 Å². The summed E-state index contributed by atoms with van der Waals surface area (Å²) >= 11 is 0. The summed E-state index contributed by atoms with van der Waals surface area (Å²) in [6.07, 6.45) is 1.65. The van der Waals surface area contributed by atoms with E-state index in [1.807, 2.05) is 6.07 Å². The molecule has 0 fully saturated rings. The minimum absolute atomic E-state index is 0.0905. The maximum atomic E-state index is 10.8. The van der Waals surface area contributed by atoms with Crippen molar-refractivity contribution in [2.24, 2.45) is 11.8 Å². The number of anilines is 1. The van der Waals surface area contributed by atoms with Gasteiger partial charge in [-0.25, -0.2) is 9.78 Å². The molecule has 100 valence electrons. The van der Waals surface area contributed by atoms with Crippen molar-refractivity contribution in [1.82, 2.24) is 4.98 Å². The lowest BCUT2D eigenvalue weighted by molar-refractivity contribution is 0.0690. The molecular weight excluding hydrogens is 228 g/mol. The highest BCUT2D eigenvalue weighted by Crippen LogP contribution is 2.16. The van der Waals surface area contributed by atoms with Gasteiger partial charge in [-0.15, -0.1) is 0 Å². The van der Waals surface area contributed by atoms with Gasteiger partial charge < -0.3 is 10.0 Å². The van der Waals surface area contributed by atoms with Crippen molar-refractivity contribution in [2.75, 3.05) is 18.0 Å². The molecule has 0 atom stereocenters. The van der Waals surface area contributed by atoms with Crippen LogP contribution in [0.4, 0.5) is 5.69 Å². The quantitative estimate of drug-likeness (QED) is 0.843. The highest BCUT2D eigenvalue weighted by atomic mass is 16.4. The van der Waals surface area contributed by atoms with Crippen LogP contribution in [-0.4, -0.2) is 29.1 Å². The Kier molecular flexibility index (Phi) is 5.13. The molecule has 0 saturated carbocycles. The number of hydrogen-bond acceptors (Lipinski definition) is 3. The lowest BCUT2D eigenvalue weighted by atomic mass is 10.1. The van der Waals surface area contributed by atoms with Crippen LogP contribution in [0.25, 0.3) is 0 Å². The molecule has 0 aliphatic rings. The standard InChI is InChI=1S/C14H22N2O2/c1-10(2)8-16(9-11(3)4)12-5-6-13(14(17)18)15-7-12/h5-7,10-11H,8-9H2,1-4H3,(H,17,18). The highest BCUT2D eigenvalue weighted by molar-refractivity contribution is 5.85. The minimum atomic E-state index is -0.985. The number of nitrogens with zero attached hydrogens (tertiary/aromatic N) is 2. The zero-order valence-corrected chi connectivity index (χ0v) is 11.6. The Morgan fingerprint density at radius 3 is 2.11 bits per heavy atom. The Bertz CT molecular complexity index is 375. The van der Waals surface area contributed by atoms with Crippen LogP contribution in [0.1, 0.15) is 38.2 Å². The third kappa shape index (κ3) is 4.35. The number of hydrogen-bond donors (Lipinski definition) is 1. The molecule has 0 amide bonds. The number of aromatic nitrogens is 1. The Labute approximate surface area is 109 Å². The summed E-state index contributed by atoms with van der Waals surface area (Å²) in [5.74, 6) is 0.131. The van der Waals surface area contributed by atoms with Gasteiger partial charge in [0.15, 0.2) is 0 Å². The van der Waals surface area contributed by atoms with Gasteiger partial charge >= 0.3 is 5.97 Å². The first kappa shape index (κ1) is 14.5. The third-order valence-corrected chi connectivity index (χ3v) is 2.50. The Morgan fingerprint density at radius 2 is 1.78 bits per heavy atom. The largest absolute Gasteiger partial charge is 0.477 e. The van der Waals surface area contributed by atoms with E-state index in [1.165, 1.54) is 0 Å². The van der Waals surface area contributed by atoms with Crippen LogP contribution in [0.5, 0.6) is 0 Å². The first-order chi connectivity index (χ1) is 8.40. The van der Waals surface area contributed by atoms with Crippen LogP contribution >= 0.6 is 0 Å². The summed E-state index contributed by atoms with van der Waals surface area (Å²) in [7, 11) is 0. The lowest BCUT2D eigenvalue weighted by Gasteiger charge is -2.28. The fourth-order valence-electron chi connectivity index (χ4n) is 1.87. The van der Waals surface area contributed by atoms with Gasteiger partial charge in [0.05, 0.1) is 11.9 Å². The van der Waals surface area contributed by atoms with Crippen molar-refractivity contribution in [3.05, 3.63) is 24.0 Å². The van der Waals surface area contributed by atoms with E-state index in [0.717, 1.165) is 18.8 Å². The number of aromatic carboxylic acids is 1. The summed E-state index contributed by atoms with van der Waals surface area (Å²) < 4.78 is 0. The van der Waals surface area contributed by atoms with E-state index >= 15 is 0 Å². The molecule has 4 heteroatoms. The molecule has 1 heterocycles. The number of pyridine rings is 1. The van der Waals surface area contributed by atoms with Gasteiger partial charge in [-0.1, -0.05) is 27.7 Å². The second-order valence-electron chi connectivity index (χ2n) is 5.40. The monoisotopic (exact) mass is 250 g/mol. The molecule has 0 spiro atoms. The molecule has 18 heavy (non-hydrogen) atoms. The van der Waals surface area contributed by atoms with Crippen LogP contribution in [-0.2, 0) is 0 Å². The zero-order valence-electron chi connectivity index (χ0n) is 11.6. The fraction of sp³-hybridized carbons (Fsp3) is 0.571. The predicted octanol–water partition coefficient (Wildman–Crippen LogP) is 2.90. The lowest BCUT2D eigenvalue weighted by Crippen LogP contribution is -2.31. The molecule has 0 aromatic carbocycles. The first-order valence-corrected chi connectivity index (χ1v) is 6.34. The smallest absolute Gasteiger partial charge is 0.354 e. The Morgan fingerprint density at radius 1 is 1.22 bits per heavy atom.